The highest BCUT2D eigenvalue weighted by atomic mass is 32.2. The van der Waals surface area contributed by atoms with Gasteiger partial charge in [-0.2, -0.15) is 0 Å². The fourth-order valence-corrected chi connectivity index (χ4v) is 3.15. The average Bonchev–Trinajstić information content (AvgIpc) is 2.24. The van der Waals surface area contributed by atoms with E-state index in [-0.39, 0.29) is 5.75 Å². The Balaban J connectivity index is 2.81. The summed E-state index contributed by atoms with van der Waals surface area (Å²) in [7, 11) is -1.36. The van der Waals surface area contributed by atoms with Gasteiger partial charge in [0.15, 0.2) is 15.8 Å². The molecule has 1 N–H and O–H groups in total. The van der Waals surface area contributed by atoms with Gasteiger partial charge in [-0.15, -0.1) is 6.42 Å². The van der Waals surface area contributed by atoms with Crippen molar-refractivity contribution in [2.45, 2.75) is 18.6 Å². The molecule has 0 aliphatic carbocycles. The summed E-state index contributed by atoms with van der Waals surface area (Å²) in [6.45, 7) is 4.75. The van der Waals surface area contributed by atoms with Gasteiger partial charge in [0.05, 0.1) is 17.0 Å². The molecule has 1 aliphatic rings. The number of rotatable bonds is 1. The monoisotopic (exact) mass is 257 g/mol. The summed E-state index contributed by atoms with van der Waals surface area (Å²) in [5.74, 6) is 3.28. The van der Waals surface area contributed by atoms with E-state index in [0.29, 0.717) is 25.6 Å². The van der Waals surface area contributed by atoms with Crippen molar-refractivity contribution in [3.05, 3.63) is 0 Å². The average molecular weight is 257 g/mol. The molecule has 0 unspecified atom stereocenters. The van der Waals surface area contributed by atoms with Crippen LogP contribution in [0.2, 0.25) is 0 Å². The quantitative estimate of drug-likeness (QED) is 0.398. The van der Waals surface area contributed by atoms with Crippen molar-refractivity contribution < 1.29 is 8.42 Å². The topological polar surface area (TPSA) is 61.8 Å². The second-order valence-corrected chi connectivity index (χ2v) is 7.35. The lowest BCUT2D eigenvalue weighted by Gasteiger charge is -2.39. The first-order valence-corrected chi connectivity index (χ1v) is 7.10. The predicted octanol–water partition coefficient (Wildman–Crippen LogP) is -0.296. The Morgan fingerprint density at radius 3 is 2.71 bits per heavy atom. The van der Waals surface area contributed by atoms with E-state index in [4.69, 9.17) is 6.42 Å². The molecule has 5 nitrogen and oxygen atoms in total. The molecule has 0 aromatic carbocycles. The SMILES string of the molecule is C#CCNC(=NC)N1CCS(=O)(=O)C(C)(C)C1. The molecule has 1 heterocycles. The summed E-state index contributed by atoms with van der Waals surface area (Å²) in [5, 5.41) is 3.00. The van der Waals surface area contributed by atoms with Crippen LogP contribution in [0.25, 0.3) is 0 Å². The van der Waals surface area contributed by atoms with E-state index in [9.17, 15) is 8.42 Å². The predicted molar refractivity (Wildman–Crippen MR) is 69.6 cm³/mol. The van der Waals surface area contributed by atoms with Crippen molar-refractivity contribution in [2.24, 2.45) is 4.99 Å². The summed E-state index contributed by atoms with van der Waals surface area (Å²) < 4.78 is 23.0. The lowest BCUT2D eigenvalue weighted by atomic mass is 10.2. The molecule has 0 bridgehead atoms. The van der Waals surface area contributed by atoms with Crippen molar-refractivity contribution in [1.82, 2.24) is 10.2 Å². The molecule has 0 atom stereocenters. The molecular weight excluding hydrogens is 238 g/mol. The maximum absolute atomic E-state index is 11.9. The van der Waals surface area contributed by atoms with E-state index in [1.54, 1.807) is 20.9 Å². The zero-order chi connectivity index (χ0) is 13.1. The second kappa shape index (κ2) is 4.96. The molecule has 0 aromatic rings. The maximum Gasteiger partial charge on any atom is 0.194 e. The smallest absolute Gasteiger partial charge is 0.194 e. The van der Waals surface area contributed by atoms with Crippen molar-refractivity contribution in [3.63, 3.8) is 0 Å². The van der Waals surface area contributed by atoms with Gasteiger partial charge in [0, 0.05) is 20.1 Å². The van der Waals surface area contributed by atoms with Crippen LogP contribution < -0.4 is 5.32 Å². The first-order valence-electron chi connectivity index (χ1n) is 5.45. The molecule has 0 amide bonds. The van der Waals surface area contributed by atoms with E-state index in [1.807, 2.05) is 4.90 Å². The van der Waals surface area contributed by atoms with E-state index in [0.717, 1.165) is 0 Å². The summed E-state index contributed by atoms with van der Waals surface area (Å²) in [6.07, 6.45) is 5.18. The maximum atomic E-state index is 11.9. The molecule has 0 saturated carbocycles. The third kappa shape index (κ3) is 2.91. The van der Waals surface area contributed by atoms with E-state index in [1.165, 1.54) is 0 Å². The number of sulfone groups is 1. The number of hydrogen-bond acceptors (Lipinski definition) is 3. The number of hydrogen-bond donors (Lipinski definition) is 1. The van der Waals surface area contributed by atoms with Crippen LogP contribution in [0.15, 0.2) is 4.99 Å². The van der Waals surface area contributed by atoms with Crippen molar-refractivity contribution in [2.75, 3.05) is 32.4 Å². The Morgan fingerprint density at radius 2 is 2.24 bits per heavy atom. The van der Waals surface area contributed by atoms with E-state index in [2.05, 4.69) is 16.2 Å². The van der Waals surface area contributed by atoms with E-state index < -0.39 is 14.6 Å². The Kier molecular flexibility index (Phi) is 4.04. The fraction of sp³-hybridized carbons (Fsp3) is 0.727. The first kappa shape index (κ1) is 13.8. The van der Waals surface area contributed by atoms with Gasteiger partial charge in [-0.1, -0.05) is 5.92 Å². The molecule has 1 saturated heterocycles. The summed E-state index contributed by atoms with van der Waals surface area (Å²) in [5.41, 5.74) is 0. The lowest BCUT2D eigenvalue weighted by molar-refractivity contribution is 0.355. The van der Waals surface area contributed by atoms with Gasteiger partial charge in [0.2, 0.25) is 0 Å². The highest BCUT2D eigenvalue weighted by Gasteiger charge is 2.40. The highest BCUT2D eigenvalue weighted by Crippen LogP contribution is 2.23. The van der Waals surface area contributed by atoms with Crippen LogP contribution in [0.4, 0.5) is 0 Å². The van der Waals surface area contributed by atoms with Crippen LogP contribution in [0, 0.1) is 12.3 Å². The molecule has 6 heteroatoms. The third-order valence-corrected chi connectivity index (χ3v) is 5.44. The van der Waals surface area contributed by atoms with Crippen LogP contribution in [-0.2, 0) is 9.84 Å². The van der Waals surface area contributed by atoms with Gasteiger partial charge >= 0.3 is 0 Å². The molecule has 0 spiro atoms. The van der Waals surface area contributed by atoms with E-state index >= 15 is 0 Å². The number of terminal acetylenes is 1. The van der Waals surface area contributed by atoms with Gasteiger partial charge in [0.1, 0.15) is 0 Å². The standard InChI is InChI=1S/C11H19N3O2S/c1-5-6-13-10(12-4)14-7-8-17(15,16)11(2,3)9-14/h1H,6-9H2,2-4H3,(H,12,13). The summed E-state index contributed by atoms with van der Waals surface area (Å²) in [6, 6.07) is 0. The number of guanidine groups is 1. The minimum absolute atomic E-state index is 0.150. The minimum Gasteiger partial charge on any atom is -0.345 e. The van der Waals surface area contributed by atoms with Crippen LogP contribution in [0.1, 0.15) is 13.8 Å². The number of nitrogens with one attached hydrogen (secondary N) is 1. The van der Waals surface area contributed by atoms with Crippen LogP contribution in [0.3, 0.4) is 0 Å². The van der Waals surface area contributed by atoms with Crippen molar-refractivity contribution >= 4 is 15.8 Å². The normalized spacial score (nSPS) is 22.9. The molecule has 0 radical (unpaired) electrons. The molecule has 1 aliphatic heterocycles. The zero-order valence-electron chi connectivity index (χ0n) is 10.5. The Labute approximate surface area is 103 Å². The zero-order valence-corrected chi connectivity index (χ0v) is 11.3. The lowest BCUT2D eigenvalue weighted by Crippen LogP contribution is -2.57. The Bertz CT molecular complexity index is 446. The number of nitrogens with zero attached hydrogens (tertiary/aromatic N) is 2. The molecule has 0 aromatic heterocycles. The molecule has 96 valence electrons. The van der Waals surface area contributed by atoms with Crippen LogP contribution in [-0.4, -0.2) is 56.5 Å². The van der Waals surface area contributed by atoms with Crippen molar-refractivity contribution in [3.8, 4) is 12.3 Å². The Hall–Kier alpha value is -1.22. The van der Waals surface area contributed by atoms with Gasteiger partial charge in [0.25, 0.3) is 0 Å². The fourth-order valence-electron chi connectivity index (χ4n) is 1.79. The van der Waals surface area contributed by atoms with Gasteiger partial charge in [-0.3, -0.25) is 4.99 Å². The number of aliphatic imine (C=N–C) groups is 1. The molecule has 17 heavy (non-hydrogen) atoms. The third-order valence-electron chi connectivity index (χ3n) is 2.90. The second-order valence-electron chi connectivity index (χ2n) is 4.61. The Morgan fingerprint density at radius 1 is 1.59 bits per heavy atom. The van der Waals surface area contributed by atoms with Gasteiger partial charge < -0.3 is 10.2 Å². The van der Waals surface area contributed by atoms with Gasteiger partial charge in [-0.05, 0) is 13.8 Å². The van der Waals surface area contributed by atoms with Gasteiger partial charge in [-0.25, -0.2) is 8.42 Å². The van der Waals surface area contributed by atoms with Crippen molar-refractivity contribution in [1.29, 1.82) is 0 Å². The summed E-state index contributed by atoms with van der Waals surface area (Å²) in [4.78, 5) is 6.03. The molecular formula is C11H19N3O2S. The summed E-state index contributed by atoms with van der Waals surface area (Å²) >= 11 is 0. The van der Waals surface area contributed by atoms with Crippen LogP contribution in [0.5, 0.6) is 0 Å². The first-order chi connectivity index (χ1) is 7.84. The minimum atomic E-state index is -3.02. The van der Waals surface area contributed by atoms with Crippen LogP contribution >= 0.6 is 0 Å². The highest BCUT2D eigenvalue weighted by molar-refractivity contribution is 7.92. The molecule has 1 fully saturated rings. The largest absolute Gasteiger partial charge is 0.345 e. The molecule has 1 rings (SSSR count).